The number of nitrogens with one attached hydrogen (secondary N) is 1. The smallest absolute Gasteiger partial charge is 0.230 e. The van der Waals surface area contributed by atoms with Crippen LogP contribution < -0.4 is 10.1 Å². The molecule has 4 nitrogen and oxygen atoms in total. The zero-order valence-corrected chi connectivity index (χ0v) is 11.1. The van der Waals surface area contributed by atoms with Gasteiger partial charge in [-0.25, -0.2) is 0 Å². The van der Waals surface area contributed by atoms with E-state index in [-0.39, 0.29) is 17.9 Å². The van der Waals surface area contributed by atoms with E-state index in [1.807, 2.05) is 24.3 Å². The molecule has 19 heavy (non-hydrogen) atoms. The highest BCUT2D eigenvalue weighted by atomic mass is 16.5. The van der Waals surface area contributed by atoms with Gasteiger partial charge in [-0.1, -0.05) is 12.8 Å². The van der Waals surface area contributed by atoms with Crippen molar-refractivity contribution >= 4 is 11.7 Å². The Kier molecular flexibility index (Phi) is 3.23. The standard InChI is InChI=1S/C15H18N2O2/c1-19-11-8-6-10(7-9-11)14-16-13-5-3-2-4-12(13)15(18)17-14/h6-9,12-13H,2-5H2,1H3,(H,16,17,18)/t12-,13+/m1/s1. The van der Waals surface area contributed by atoms with Gasteiger partial charge in [-0.05, 0) is 37.1 Å². The molecule has 1 aliphatic heterocycles. The fourth-order valence-electron chi connectivity index (χ4n) is 2.87. The zero-order valence-electron chi connectivity index (χ0n) is 11.1. The molecule has 0 aromatic heterocycles. The minimum atomic E-state index is 0.0794. The zero-order chi connectivity index (χ0) is 13.2. The first-order chi connectivity index (χ1) is 9.28. The Bertz CT molecular complexity index is 507. The minimum Gasteiger partial charge on any atom is -0.497 e. The van der Waals surface area contributed by atoms with Crippen LogP contribution >= 0.6 is 0 Å². The molecule has 0 unspecified atom stereocenters. The molecular weight excluding hydrogens is 240 g/mol. The normalized spacial score (nSPS) is 26.2. The number of benzene rings is 1. The van der Waals surface area contributed by atoms with Gasteiger partial charge in [0.25, 0.3) is 0 Å². The number of amidine groups is 1. The molecule has 1 fully saturated rings. The maximum Gasteiger partial charge on any atom is 0.230 e. The third-order valence-corrected chi connectivity index (χ3v) is 3.97. The quantitative estimate of drug-likeness (QED) is 0.883. The first kappa shape index (κ1) is 12.2. The van der Waals surface area contributed by atoms with Gasteiger partial charge in [-0.15, -0.1) is 0 Å². The van der Waals surface area contributed by atoms with E-state index in [9.17, 15) is 4.79 Å². The van der Waals surface area contributed by atoms with Crippen molar-refractivity contribution < 1.29 is 9.53 Å². The SMILES string of the molecule is COc1ccc(C2=N[C@H]3CCCC[C@H]3C(=O)N2)cc1. The molecule has 100 valence electrons. The maximum atomic E-state index is 12.1. The van der Waals surface area contributed by atoms with Crippen LogP contribution in [0.3, 0.4) is 0 Å². The van der Waals surface area contributed by atoms with Crippen molar-refractivity contribution in [3.63, 3.8) is 0 Å². The number of nitrogens with zero attached hydrogens (tertiary/aromatic N) is 1. The third kappa shape index (κ3) is 2.35. The Labute approximate surface area is 112 Å². The number of carbonyl (C=O) groups excluding carboxylic acids is 1. The highest BCUT2D eigenvalue weighted by molar-refractivity contribution is 6.10. The lowest BCUT2D eigenvalue weighted by Crippen LogP contribution is -2.47. The molecule has 0 saturated heterocycles. The van der Waals surface area contributed by atoms with E-state index in [0.29, 0.717) is 5.84 Å². The Morgan fingerprint density at radius 1 is 1.21 bits per heavy atom. The van der Waals surface area contributed by atoms with Gasteiger partial charge < -0.3 is 10.1 Å². The molecule has 0 bridgehead atoms. The highest BCUT2D eigenvalue weighted by Crippen LogP contribution is 2.29. The largest absolute Gasteiger partial charge is 0.497 e. The lowest BCUT2D eigenvalue weighted by molar-refractivity contribution is -0.125. The molecule has 0 spiro atoms. The first-order valence-electron chi connectivity index (χ1n) is 6.81. The van der Waals surface area contributed by atoms with E-state index in [2.05, 4.69) is 5.32 Å². The predicted molar refractivity (Wildman–Crippen MR) is 73.4 cm³/mol. The van der Waals surface area contributed by atoms with Crippen molar-refractivity contribution in [2.45, 2.75) is 31.7 Å². The number of amides is 1. The molecule has 1 aromatic rings. The first-order valence-corrected chi connectivity index (χ1v) is 6.81. The van der Waals surface area contributed by atoms with Gasteiger partial charge in [0.1, 0.15) is 11.6 Å². The molecule has 3 rings (SSSR count). The van der Waals surface area contributed by atoms with Crippen molar-refractivity contribution in [1.29, 1.82) is 0 Å². The number of hydrogen-bond donors (Lipinski definition) is 1. The fourth-order valence-corrected chi connectivity index (χ4v) is 2.87. The third-order valence-electron chi connectivity index (χ3n) is 3.97. The number of ether oxygens (including phenoxy) is 1. The number of hydrogen-bond acceptors (Lipinski definition) is 3. The number of methoxy groups -OCH3 is 1. The second-order valence-electron chi connectivity index (χ2n) is 5.15. The van der Waals surface area contributed by atoms with Gasteiger partial charge in [0.05, 0.1) is 19.1 Å². The van der Waals surface area contributed by atoms with Crippen LogP contribution in [0.4, 0.5) is 0 Å². The highest BCUT2D eigenvalue weighted by Gasteiger charge is 2.35. The van der Waals surface area contributed by atoms with Gasteiger partial charge in [0, 0.05) is 5.56 Å². The second-order valence-corrected chi connectivity index (χ2v) is 5.15. The molecule has 1 saturated carbocycles. The van der Waals surface area contributed by atoms with Crippen LogP contribution in [0.1, 0.15) is 31.2 Å². The Hall–Kier alpha value is -1.84. The van der Waals surface area contributed by atoms with Gasteiger partial charge in [0.2, 0.25) is 5.91 Å². The van der Waals surface area contributed by atoms with E-state index in [1.54, 1.807) is 7.11 Å². The summed E-state index contributed by atoms with van der Waals surface area (Å²) < 4.78 is 5.14. The monoisotopic (exact) mass is 258 g/mol. The van der Waals surface area contributed by atoms with Gasteiger partial charge in [0.15, 0.2) is 0 Å². The summed E-state index contributed by atoms with van der Waals surface area (Å²) in [5.41, 5.74) is 0.943. The summed E-state index contributed by atoms with van der Waals surface area (Å²) in [4.78, 5) is 16.8. The minimum absolute atomic E-state index is 0.0794. The summed E-state index contributed by atoms with van der Waals surface area (Å²) in [5.74, 6) is 1.72. The molecule has 2 aliphatic rings. The van der Waals surface area contributed by atoms with Crippen LogP contribution in [0.15, 0.2) is 29.3 Å². The van der Waals surface area contributed by atoms with Crippen LogP contribution in [-0.2, 0) is 4.79 Å². The summed E-state index contributed by atoms with van der Waals surface area (Å²) in [6, 6.07) is 7.80. The van der Waals surface area contributed by atoms with Crippen LogP contribution in [0.25, 0.3) is 0 Å². The average Bonchev–Trinajstić information content (AvgIpc) is 2.47. The summed E-state index contributed by atoms with van der Waals surface area (Å²) in [7, 11) is 1.64. The Morgan fingerprint density at radius 3 is 2.68 bits per heavy atom. The van der Waals surface area contributed by atoms with Crippen LogP contribution in [-0.4, -0.2) is 24.9 Å². The van der Waals surface area contributed by atoms with E-state index in [4.69, 9.17) is 9.73 Å². The summed E-state index contributed by atoms with van der Waals surface area (Å²) in [6.45, 7) is 0. The summed E-state index contributed by atoms with van der Waals surface area (Å²) >= 11 is 0. The number of carbonyl (C=O) groups is 1. The second kappa shape index (κ2) is 5.03. The van der Waals surface area contributed by atoms with Crippen LogP contribution in [0.2, 0.25) is 0 Å². The molecular formula is C15H18N2O2. The van der Waals surface area contributed by atoms with E-state index < -0.39 is 0 Å². The number of fused-ring (bicyclic) bond motifs is 1. The average molecular weight is 258 g/mol. The van der Waals surface area contributed by atoms with Crippen LogP contribution in [0, 0.1) is 5.92 Å². The van der Waals surface area contributed by atoms with E-state index in [1.165, 1.54) is 6.42 Å². The topological polar surface area (TPSA) is 50.7 Å². The Balaban J connectivity index is 1.87. The van der Waals surface area contributed by atoms with Crippen molar-refractivity contribution in [2.75, 3.05) is 7.11 Å². The molecule has 4 heteroatoms. The maximum absolute atomic E-state index is 12.1. The molecule has 1 heterocycles. The van der Waals surface area contributed by atoms with E-state index in [0.717, 1.165) is 30.6 Å². The van der Waals surface area contributed by atoms with Crippen LogP contribution in [0.5, 0.6) is 5.75 Å². The molecule has 1 N–H and O–H groups in total. The molecule has 1 amide bonds. The van der Waals surface area contributed by atoms with Crippen molar-refractivity contribution in [1.82, 2.24) is 5.32 Å². The lowest BCUT2D eigenvalue weighted by atomic mass is 9.83. The van der Waals surface area contributed by atoms with E-state index >= 15 is 0 Å². The van der Waals surface area contributed by atoms with Gasteiger partial charge in [-0.3, -0.25) is 9.79 Å². The molecule has 1 aliphatic carbocycles. The van der Waals surface area contributed by atoms with Crippen molar-refractivity contribution in [3.8, 4) is 5.75 Å². The predicted octanol–water partition coefficient (Wildman–Crippen LogP) is 2.13. The number of rotatable bonds is 2. The van der Waals surface area contributed by atoms with Gasteiger partial charge >= 0.3 is 0 Å². The molecule has 1 aromatic carbocycles. The summed E-state index contributed by atoms with van der Waals surface area (Å²) in [5, 5.41) is 2.94. The number of aliphatic imine (C=N–C) groups is 1. The summed E-state index contributed by atoms with van der Waals surface area (Å²) in [6.07, 6.45) is 4.31. The van der Waals surface area contributed by atoms with Crippen molar-refractivity contribution in [3.05, 3.63) is 29.8 Å². The molecule has 2 atom stereocenters. The Morgan fingerprint density at radius 2 is 1.95 bits per heavy atom. The van der Waals surface area contributed by atoms with Gasteiger partial charge in [-0.2, -0.15) is 0 Å². The fraction of sp³-hybridized carbons (Fsp3) is 0.467. The lowest BCUT2D eigenvalue weighted by Gasteiger charge is -2.32. The molecule has 0 radical (unpaired) electrons. The van der Waals surface area contributed by atoms with Crippen molar-refractivity contribution in [2.24, 2.45) is 10.9 Å².